The van der Waals surface area contributed by atoms with Crippen LogP contribution in [-0.2, 0) is 0 Å². The quantitative estimate of drug-likeness (QED) is 0.759. The van der Waals surface area contributed by atoms with Crippen LogP contribution in [-0.4, -0.2) is 5.11 Å². The van der Waals surface area contributed by atoms with E-state index in [1.165, 1.54) is 0 Å². The van der Waals surface area contributed by atoms with Crippen LogP contribution in [0.2, 0.25) is 5.02 Å². The first-order valence-corrected chi connectivity index (χ1v) is 4.64. The molecule has 0 aliphatic carbocycles. The Labute approximate surface area is 86.3 Å². The molecule has 0 radical (unpaired) electrons. The van der Waals surface area contributed by atoms with Crippen LogP contribution in [0.5, 0.6) is 0 Å². The Kier molecular flexibility index (Phi) is 3.45. The molecule has 0 fully saturated rings. The lowest BCUT2D eigenvalue weighted by Gasteiger charge is -2.17. The maximum absolute atomic E-state index is 13.2. The Bertz CT molecular complexity index is 339. The fourth-order valence-electron chi connectivity index (χ4n) is 1.15. The van der Waals surface area contributed by atoms with Gasteiger partial charge in [-0.25, -0.2) is 8.78 Å². The summed E-state index contributed by atoms with van der Waals surface area (Å²) in [5.74, 6) is -1.62. The van der Waals surface area contributed by atoms with Crippen molar-refractivity contribution in [3.8, 4) is 0 Å². The average Bonchev–Trinajstić information content (AvgIpc) is 2.12. The van der Waals surface area contributed by atoms with Crippen molar-refractivity contribution >= 4 is 11.6 Å². The highest BCUT2D eigenvalue weighted by molar-refractivity contribution is 6.31. The highest BCUT2D eigenvalue weighted by atomic mass is 35.5. The van der Waals surface area contributed by atoms with Crippen LogP contribution in [0.15, 0.2) is 12.1 Å². The van der Waals surface area contributed by atoms with Gasteiger partial charge in [0.05, 0.1) is 11.1 Å². The van der Waals surface area contributed by atoms with E-state index in [1.807, 2.05) is 0 Å². The predicted molar refractivity (Wildman–Crippen MR) is 51.2 cm³/mol. The number of halogens is 3. The average molecular weight is 221 g/mol. The van der Waals surface area contributed by atoms with Gasteiger partial charge in [0.1, 0.15) is 11.6 Å². The van der Waals surface area contributed by atoms with Gasteiger partial charge in [-0.2, -0.15) is 0 Å². The molecule has 4 heteroatoms. The molecule has 1 aromatic carbocycles. The van der Waals surface area contributed by atoms with Crippen LogP contribution < -0.4 is 0 Å². The first-order chi connectivity index (χ1) is 6.45. The first kappa shape index (κ1) is 11.4. The molecule has 1 N–H and O–H groups in total. The Morgan fingerprint density at radius 1 is 1.21 bits per heavy atom. The molecule has 0 saturated heterocycles. The summed E-state index contributed by atoms with van der Waals surface area (Å²) in [4.78, 5) is 0. The molecule has 0 bridgehead atoms. The molecule has 1 rings (SSSR count). The van der Waals surface area contributed by atoms with Gasteiger partial charge in [0.2, 0.25) is 0 Å². The van der Waals surface area contributed by atoms with Crippen molar-refractivity contribution in [2.24, 2.45) is 5.92 Å². The van der Waals surface area contributed by atoms with Gasteiger partial charge < -0.3 is 5.11 Å². The van der Waals surface area contributed by atoms with Gasteiger partial charge in [-0.05, 0) is 18.1 Å². The Balaban J connectivity index is 3.25. The van der Waals surface area contributed by atoms with E-state index in [2.05, 4.69) is 0 Å². The van der Waals surface area contributed by atoms with Crippen LogP contribution in [0.4, 0.5) is 8.78 Å². The molecule has 1 atom stereocenters. The topological polar surface area (TPSA) is 20.2 Å². The summed E-state index contributed by atoms with van der Waals surface area (Å²) < 4.78 is 26.2. The molecule has 0 aromatic heterocycles. The number of hydrogen-bond donors (Lipinski definition) is 1. The van der Waals surface area contributed by atoms with E-state index in [0.717, 1.165) is 12.1 Å². The van der Waals surface area contributed by atoms with Crippen molar-refractivity contribution < 1.29 is 13.9 Å². The Morgan fingerprint density at radius 3 is 2.21 bits per heavy atom. The summed E-state index contributed by atoms with van der Waals surface area (Å²) in [6, 6.07) is 1.90. The van der Waals surface area contributed by atoms with Gasteiger partial charge in [0.25, 0.3) is 0 Å². The minimum Gasteiger partial charge on any atom is -0.388 e. The number of aliphatic hydroxyl groups is 1. The van der Waals surface area contributed by atoms with E-state index < -0.39 is 17.7 Å². The molecule has 1 nitrogen and oxygen atoms in total. The van der Waals surface area contributed by atoms with Crippen LogP contribution in [0.25, 0.3) is 0 Å². The second-order valence-corrected chi connectivity index (χ2v) is 3.82. The van der Waals surface area contributed by atoms with E-state index >= 15 is 0 Å². The van der Waals surface area contributed by atoms with E-state index in [9.17, 15) is 13.9 Å². The SMILES string of the molecule is CC(C)C(O)c1c(F)ccc(F)c1Cl. The zero-order chi connectivity index (χ0) is 10.9. The third kappa shape index (κ3) is 2.04. The molecule has 1 unspecified atom stereocenters. The second-order valence-electron chi connectivity index (χ2n) is 3.45. The molecule has 14 heavy (non-hydrogen) atoms. The van der Waals surface area contributed by atoms with Crippen molar-refractivity contribution in [3.05, 3.63) is 34.4 Å². The third-order valence-electron chi connectivity index (χ3n) is 2.01. The third-order valence-corrected chi connectivity index (χ3v) is 2.39. The van der Waals surface area contributed by atoms with Crippen molar-refractivity contribution in [3.63, 3.8) is 0 Å². The molecule has 0 amide bonds. The van der Waals surface area contributed by atoms with Gasteiger partial charge >= 0.3 is 0 Å². The van der Waals surface area contributed by atoms with E-state index in [0.29, 0.717) is 0 Å². The van der Waals surface area contributed by atoms with Gasteiger partial charge in [-0.1, -0.05) is 25.4 Å². The molecule has 78 valence electrons. The van der Waals surface area contributed by atoms with Gasteiger partial charge in [-0.15, -0.1) is 0 Å². The number of benzene rings is 1. The summed E-state index contributed by atoms with van der Waals surface area (Å²) in [5.41, 5.74) is -0.165. The van der Waals surface area contributed by atoms with E-state index in [4.69, 9.17) is 11.6 Å². The molecular formula is C10H11ClF2O. The Hall–Kier alpha value is -0.670. The summed E-state index contributed by atoms with van der Waals surface area (Å²) in [6.45, 7) is 3.40. The lowest BCUT2D eigenvalue weighted by Crippen LogP contribution is -2.09. The smallest absolute Gasteiger partial charge is 0.142 e. The monoisotopic (exact) mass is 220 g/mol. The summed E-state index contributed by atoms with van der Waals surface area (Å²) in [6.07, 6.45) is -1.09. The number of aliphatic hydroxyl groups excluding tert-OH is 1. The van der Waals surface area contributed by atoms with Crippen LogP contribution >= 0.6 is 11.6 Å². The largest absolute Gasteiger partial charge is 0.388 e. The van der Waals surface area contributed by atoms with Crippen LogP contribution in [0.1, 0.15) is 25.5 Å². The Morgan fingerprint density at radius 2 is 1.71 bits per heavy atom. The molecule has 0 heterocycles. The minimum atomic E-state index is -1.09. The predicted octanol–water partition coefficient (Wildman–Crippen LogP) is 3.31. The maximum atomic E-state index is 13.2. The minimum absolute atomic E-state index is 0.165. The van der Waals surface area contributed by atoms with Crippen molar-refractivity contribution in [2.45, 2.75) is 20.0 Å². The summed E-state index contributed by atoms with van der Waals surface area (Å²) in [7, 11) is 0. The normalized spacial score (nSPS) is 13.4. The van der Waals surface area contributed by atoms with E-state index in [1.54, 1.807) is 13.8 Å². The fraction of sp³-hybridized carbons (Fsp3) is 0.400. The number of hydrogen-bond acceptors (Lipinski definition) is 1. The fourth-order valence-corrected chi connectivity index (χ4v) is 1.41. The van der Waals surface area contributed by atoms with Crippen LogP contribution in [0.3, 0.4) is 0 Å². The lowest BCUT2D eigenvalue weighted by molar-refractivity contribution is 0.122. The zero-order valence-corrected chi connectivity index (χ0v) is 8.65. The van der Waals surface area contributed by atoms with Crippen molar-refractivity contribution in [1.29, 1.82) is 0 Å². The van der Waals surface area contributed by atoms with Gasteiger partial charge in [-0.3, -0.25) is 0 Å². The summed E-state index contributed by atoms with van der Waals surface area (Å²) >= 11 is 5.56. The highest BCUT2D eigenvalue weighted by Gasteiger charge is 2.21. The molecule has 1 aromatic rings. The van der Waals surface area contributed by atoms with Crippen molar-refractivity contribution in [2.75, 3.05) is 0 Å². The summed E-state index contributed by atoms with van der Waals surface area (Å²) in [5, 5.41) is 9.25. The standard InChI is InChI=1S/C10H11ClF2O/c1-5(2)10(14)8-6(12)3-4-7(13)9(8)11/h3-5,10,14H,1-2H3. The molecule has 0 aliphatic rings. The van der Waals surface area contributed by atoms with Crippen molar-refractivity contribution in [1.82, 2.24) is 0 Å². The molecular weight excluding hydrogens is 210 g/mol. The molecule has 0 aliphatic heterocycles. The van der Waals surface area contributed by atoms with Gasteiger partial charge in [0.15, 0.2) is 0 Å². The van der Waals surface area contributed by atoms with Crippen LogP contribution in [0, 0.1) is 17.6 Å². The zero-order valence-electron chi connectivity index (χ0n) is 7.89. The van der Waals surface area contributed by atoms with Gasteiger partial charge in [0, 0.05) is 5.56 Å². The lowest BCUT2D eigenvalue weighted by atomic mass is 9.98. The first-order valence-electron chi connectivity index (χ1n) is 4.26. The maximum Gasteiger partial charge on any atom is 0.142 e. The number of rotatable bonds is 2. The molecule has 0 saturated carbocycles. The van der Waals surface area contributed by atoms with E-state index in [-0.39, 0.29) is 16.5 Å². The molecule has 0 spiro atoms. The second kappa shape index (κ2) is 4.24. The highest BCUT2D eigenvalue weighted by Crippen LogP contribution is 2.32.